The van der Waals surface area contributed by atoms with Crippen molar-refractivity contribution in [2.45, 2.75) is 83.0 Å². The van der Waals surface area contributed by atoms with Gasteiger partial charge in [0.25, 0.3) is 5.60 Å². The van der Waals surface area contributed by atoms with E-state index in [9.17, 15) is 19.5 Å². The molecule has 0 bridgehead atoms. The Labute approximate surface area is 253 Å². The molecular weight excluding hydrogens is 546 g/mol. The maximum absolute atomic E-state index is 14.0. The van der Waals surface area contributed by atoms with Gasteiger partial charge in [-0.05, 0) is 74.8 Å². The van der Waals surface area contributed by atoms with Gasteiger partial charge in [0.05, 0.1) is 13.2 Å². The molecule has 0 unspecified atom stereocenters. The number of rotatable bonds is 12. The molecule has 2 fully saturated rings. The second kappa shape index (κ2) is 12.7. The number of carbonyl (C=O) groups excluding carboxylic acids is 3. The number of nitrogens with zero attached hydrogens (tertiary/aromatic N) is 1. The van der Waals surface area contributed by atoms with Crippen LogP contribution < -0.4 is 11.1 Å². The molecule has 9 heteroatoms. The summed E-state index contributed by atoms with van der Waals surface area (Å²) in [7, 11) is 0. The largest absolute Gasteiger partial charge is 0.463 e. The zero-order valence-electron chi connectivity index (χ0n) is 25.4. The molecule has 2 aliphatic carbocycles. The number of carbonyl (C=O) groups is 3. The van der Waals surface area contributed by atoms with E-state index >= 15 is 0 Å². The number of esters is 1. The molecule has 4 N–H and O–H groups in total. The number of epoxide rings is 1. The number of nitrogens with one attached hydrogen (secondary N) is 1. The van der Waals surface area contributed by atoms with Gasteiger partial charge in [-0.1, -0.05) is 50.1 Å². The minimum absolute atomic E-state index is 0.0802. The topological polar surface area (TPSA) is 144 Å². The van der Waals surface area contributed by atoms with Crippen LogP contribution in [-0.4, -0.2) is 64.6 Å². The van der Waals surface area contributed by atoms with Crippen LogP contribution in [0.25, 0.3) is 0 Å². The number of nitrogen functional groups attached to an aromatic ring is 1. The Morgan fingerprint density at radius 1 is 1.16 bits per heavy atom. The SMILES string of the molecule is CCN[C@@H]1CC[C@@H](CC)C[C@H]1COC(=O)[C@]12O[C@@]1(C/C(CO)=C(\C)CCc1ccnc(N)c1)C(=O)c1ccccc1C2=O. The van der Waals surface area contributed by atoms with Crippen molar-refractivity contribution in [3.63, 3.8) is 0 Å². The lowest BCUT2D eigenvalue weighted by atomic mass is 9.71. The highest BCUT2D eigenvalue weighted by Gasteiger charge is 2.85. The molecular formula is C34H43N3O6. The van der Waals surface area contributed by atoms with Gasteiger partial charge in [0, 0.05) is 35.7 Å². The number of ketones is 2. The molecule has 2 heterocycles. The molecule has 1 saturated heterocycles. The Morgan fingerprint density at radius 3 is 2.58 bits per heavy atom. The first-order valence-electron chi connectivity index (χ1n) is 15.5. The van der Waals surface area contributed by atoms with Gasteiger partial charge in [-0.2, -0.15) is 0 Å². The number of aryl methyl sites for hydroxylation is 1. The standard InChI is InChI=1S/C34H43N3O6/c1-4-22-12-13-28(36-5-2)24(16-22)20-42-32(41)34-31(40)27-9-7-6-8-26(27)30(39)33(34,43-34)18-25(19-38)21(3)10-11-23-14-15-37-29(35)17-23/h6-9,14-15,17,22,24,28,36,38H,4-5,10-13,16,18-20H2,1-3H3,(H2,35,37)/b25-21-/t22-,24+,28-,33+,34+/m1/s1. The zero-order valence-corrected chi connectivity index (χ0v) is 25.4. The number of anilines is 1. The number of allylic oxidation sites excluding steroid dienone is 1. The summed E-state index contributed by atoms with van der Waals surface area (Å²) in [6.07, 6.45) is 6.91. The minimum atomic E-state index is -2.06. The van der Waals surface area contributed by atoms with Gasteiger partial charge in [0.2, 0.25) is 5.78 Å². The van der Waals surface area contributed by atoms with Crippen molar-refractivity contribution < 1.29 is 29.0 Å². The van der Waals surface area contributed by atoms with E-state index in [4.69, 9.17) is 15.2 Å². The molecule has 5 atom stereocenters. The number of nitrogens with two attached hydrogens (primary N) is 1. The first-order valence-corrected chi connectivity index (χ1v) is 15.5. The number of aliphatic hydroxyl groups excluding tert-OH is 1. The van der Waals surface area contributed by atoms with Crippen molar-refractivity contribution in [3.05, 3.63) is 70.4 Å². The lowest BCUT2D eigenvalue weighted by Crippen LogP contribution is -2.51. The quantitative estimate of drug-likeness (QED) is 0.143. The van der Waals surface area contributed by atoms with Crippen LogP contribution in [0, 0.1) is 11.8 Å². The fourth-order valence-corrected chi connectivity index (χ4v) is 7.03. The molecule has 1 aromatic carbocycles. The van der Waals surface area contributed by atoms with Crippen LogP contribution in [0.4, 0.5) is 5.82 Å². The van der Waals surface area contributed by atoms with Gasteiger partial charge < -0.3 is 25.6 Å². The van der Waals surface area contributed by atoms with Crippen LogP contribution in [0.15, 0.2) is 53.7 Å². The summed E-state index contributed by atoms with van der Waals surface area (Å²) in [6.45, 7) is 6.74. The maximum Gasteiger partial charge on any atom is 0.350 e. The molecule has 0 radical (unpaired) electrons. The fraction of sp³-hybridized carbons (Fsp3) is 0.529. The molecule has 1 saturated carbocycles. The second-order valence-corrected chi connectivity index (χ2v) is 12.2. The first kappa shape index (κ1) is 31.0. The Morgan fingerprint density at radius 2 is 1.91 bits per heavy atom. The van der Waals surface area contributed by atoms with Gasteiger partial charge in [-0.3, -0.25) is 9.59 Å². The number of pyridine rings is 1. The highest BCUT2D eigenvalue weighted by molar-refractivity contribution is 6.32. The van der Waals surface area contributed by atoms with E-state index in [1.807, 2.05) is 13.0 Å². The van der Waals surface area contributed by atoms with Crippen LogP contribution in [-0.2, 0) is 20.7 Å². The fourth-order valence-electron chi connectivity index (χ4n) is 7.03. The van der Waals surface area contributed by atoms with Crippen molar-refractivity contribution in [2.75, 3.05) is 25.5 Å². The van der Waals surface area contributed by atoms with Crippen molar-refractivity contribution >= 4 is 23.4 Å². The van der Waals surface area contributed by atoms with Gasteiger partial charge in [0.15, 0.2) is 11.4 Å². The van der Waals surface area contributed by atoms with E-state index in [1.54, 1.807) is 36.5 Å². The number of Topliss-reactive ketones (excluding diaryl/α,β-unsaturated/α-hetero) is 2. The molecule has 1 aliphatic heterocycles. The number of hydrogen-bond acceptors (Lipinski definition) is 9. The number of fused-ring (bicyclic) bond motifs is 2. The number of hydrogen-bond donors (Lipinski definition) is 3. The molecule has 0 spiro atoms. The van der Waals surface area contributed by atoms with E-state index in [0.29, 0.717) is 30.2 Å². The molecule has 43 heavy (non-hydrogen) atoms. The third-order valence-corrected chi connectivity index (χ3v) is 9.70. The molecule has 3 aliphatic rings. The molecule has 1 aromatic heterocycles. The molecule has 230 valence electrons. The lowest BCUT2D eigenvalue weighted by Gasteiger charge is -2.36. The minimum Gasteiger partial charge on any atom is -0.463 e. The van der Waals surface area contributed by atoms with Crippen LogP contribution in [0.1, 0.15) is 85.6 Å². The van der Waals surface area contributed by atoms with E-state index in [2.05, 4.69) is 24.1 Å². The summed E-state index contributed by atoms with van der Waals surface area (Å²) < 4.78 is 12.0. The van der Waals surface area contributed by atoms with Crippen molar-refractivity contribution in [1.82, 2.24) is 10.3 Å². The highest BCUT2D eigenvalue weighted by Crippen LogP contribution is 2.59. The van der Waals surface area contributed by atoms with Crippen LogP contribution in [0.2, 0.25) is 0 Å². The molecule has 0 amide bonds. The van der Waals surface area contributed by atoms with Crippen molar-refractivity contribution in [1.29, 1.82) is 0 Å². The van der Waals surface area contributed by atoms with E-state index in [1.165, 1.54) is 0 Å². The lowest BCUT2D eigenvalue weighted by molar-refractivity contribution is -0.150. The second-order valence-electron chi connectivity index (χ2n) is 12.2. The molecule has 2 aromatic rings. The third kappa shape index (κ3) is 5.66. The number of aromatic nitrogens is 1. The van der Waals surface area contributed by atoms with Gasteiger partial charge in [0.1, 0.15) is 5.82 Å². The summed E-state index contributed by atoms with van der Waals surface area (Å²) in [4.78, 5) is 46.0. The Kier molecular flexibility index (Phi) is 9.15. The highest BCUT2D eigenvalue weighted by atomic mass is 16.7. The van der Waals surface area contributed by atoms with Crippen LogP contribution in [0.5, 0.6) is 0 Å². The Balaban J connectivity index is 1.41. The van der Waals surface area contributed by atoms with Crippen molar-refractivity contribution in [3.8, 4) is 0 Å². The predicted octanol–water partition coefficient (Wildman–Crippen LogP) is 4.23. The number of benzene rings is 1. The van der Waals surface area contributed by atoms with Gasteiger partial charge in [-0.15, -0.1) is 0 Å². The average Bonchev–Trinajstić information content (AvgIpc) is 3.72. The smallest absolute Gasteiger partial charge is 0.350 e. The Hall–Kier alpha value is -3.40. The molecule has 9 nitrogen and oxygen atoms in total. The van der Waals surface area contributed by atoms with Gasteiger partial charge in [-0.25, -0.2) is 9.78 Å². The molecule has 5 rings (SSSR count). The summed E-state index contributed by atoms with van der Waals surface area (Å²) >= 11 is 0. The number of aliphatic hydroxyl groups is 1. The summed E-state index contributed by atoms with van der Waals surface area (Å²) in [5, 5.41) is 13.9. The van der Waals surface area contributed by atoms with Crippen LogP contribution in [0.3, 0.4) is 0 Å². The summed E-state index contributed by atoms with van der Waals surface area (Å²) in [6, 6.07) is 10.4. The van der Waals surface area contributed by atoms with E-state index in [-0.39, 0.29) is 42.7 Å². The summed E-state index contributed by atoms with van der Waals surface area (Å²) in [5.41, 5.74) is 4.79. The van der Waals surface area contributed by atoms with Crippen molar-refractivity contribution in [2.24, 2.45) is 11.8 Å². The van der Waals surface area contributed by atoms with Gasteiger partial charge >= 0.3 is 5.97 Å². The summed E-state index contributed by atoms with van der Waals surface area (Å²) in [5.74, 6) is -0.734. The number of ether oxygens (including phenoxy) is 2. The normalized spacial score (nSPS) is 28.5. The zero-order chi connectivity index (χ0) is 30.8. The van der Waals surface area contributed by atoms with E-state index in [0.717, 1.165) is 43.4 Å². The monoisotopic (exact) mass is 589 g/mol. The predicted molar refractivity (Wildman–Crippen MR) is 163 cm³/mol. The average molecular weight is 590 g/mol. The van der Waals surface area contributed by atoms with E-state index < -0.39 is 28.7 Å². The Bertz CT molecular complexity index is 1420. The third-order valence-electron chi connectivity index (χ3n) is 9.70. The van der Waals surface area contributed by atoms with Crippen LogP contribution >= 0.6 is 0 Å². The first-order chi connectivity index (χ1) is 20.7. The maximum atomic E-state index is 14.0.